The molecule has 0 saturated carbocycles. The van der Waals surface area contributed by atoms with Gasteiger partial charge in [-0.1, -0.05) is 30.3 Å². The van der Waals surface area contributed by atoms with Crippen LogP contribution < -0.4 is 9.64 Å². The zero-order valence-corrected chi connectivity index (χ0v) is 15.9. The first kappa shape index (κ1) is 18.0. The summed E-state index contributed by atoms with van der Waals surface area (Å²) in [5, 5.41) is 4.17. The standard InChI is InChI=1S/C20H22N6O2/c1-24-13-16(19(23-24)28-2)20(27)26-10-8-25(9-11-26)18-12-17(21-14-22-18)15-6-4-3-5-7-15/h3-7,12-14H,8-11H2,1-2H3. The quantitative estimate of drug-likeness (QED) is 0.690. The van der Waals surface area contributed by atoms with Crippen LogP contribution in [0.4, 0.5) is 5.82 Å². The van der Waals surface area contributed by atoms with Gasteiger partial charge in [0.1, 0.15) is 17.7 Å². The number of anilines is 1. The molecule has 0 spiro atoms. The van der Waals surface area contributed by atoms with E-state index in [4.69, 9.17) is 4.74 Å². The number of hydrogen-bond acceptors (Lipinski definition) is 6. The van der Waals surface area contributed by atoms with Crippen LogP contribution >= 0.6 is 0 Å². The summed E-state index contributed by atoms with van der Waals surface area (Å²) in [6, 6.07) is 12.0. The topological polar surface area (TPSA) is 76.4 Å². The molecular weight excluding hydrogens is 356 g/mol. The Morgan fingerprint density at radius 1 is 1.07 bits per heavy atom. The van der Waals surface area contributed by atoms with Gasteiger partial charge in [-0.05, 0) is 0 Å². The average Bonchev–Trinajstić information content (AvgIpc) is 3.15. The lowest BCUT2D eigenvalue weighted by Gasteiger charge is -2.35. The van der Waals surface area contributed by atoms with Crippen molar-refractivity contribution in [1.29, 1.82) is 0 Å². The molecule has 28 heavy (non-hydrogen) atoms. The third kappa shape index (κ3) is 3.53. The molecule has 0 aliphatic carbocycles. The number of methoxy groups -OCH3 is 1. The first-order valence-corrected chi connectivity index (χ1v) is 9.15. The van der Waals surface area contributed by atoms with Crippen LogP contribution in [0.1, 0.15) is 10.4 Å². The Morgan fingerprint density at radius 3 is 2.54 bits per heavy atom. The molecule has 2 aromatic heterocycles. The van der Waals surface area contributed by atoms with Crippen molar-refractivity contribution in [1.82, 2.24) is 24.6 Å². The third-order valence-electron chi connectivity index (χ3n) is 4.83. The van der Waals surface area contributed by atoms with E-state index in [1.807, 2.05) is 41.3 Å². The Balaban J connectivity index is 1.45. The van der Waals surface area contributed by atoms with Crippen LogP contribution in [-0.2, 0) is 7.05 Å². The monoisotopic (exact) mass is 378 g/mol. The second-order valence-electron chi connectivity index (χ2n) is 6.63. The molecule has 1 amide bonds. The summed E-state index contributed by atoms with van der Waals surface area (Å²) in [5.41, 5.74) is 2.44. The number of aryl methyl sites for hydroxylation is 1. The van der Waals surface area contributed by atoms with E-state index in [0.29, 0.717) is 37.6 Å². The number of hydrogen-bond donors (Lipinski definition) is 0. The molecule has 144 valence electrons. The van der Waals surface area contributed by atoms with E-state index in [1.54, 1.807) is 24.3 Å². The molecule has 1 aliphatic heterocycles. The molecule has 1 aliphatic rings. The second kappa shape index (κ2) is 7.67. The number of rotatable bonds is 4. The van der Waals surface area contributed by atoms with Crippen LogP contribution in [0.15, 0.2) is 48.9 Å². The fourth-order valence-electron chi connectivity index (χ4n) is 3.36. The molecule has 0 atom stereocenters. The number of ether oxygens (including phenoxy) is 1. The summed E-state index contributed by atoms with van der Waals surface area (Å²) < 4.78 is 6.81. The van der Waals surface area contributed by atoms with Crippen molar-refractivity contribution in [2.75, 3.05) is 38.2 Å². The smallest absolute Gasteiger partial charge is 0.261 e. The van der Waals surface area contributed by atoms with Crippen molar-refractivity contribution in [2.24, 2.45) is 7.05 Å². The van der Waals surface area contributed by atoms with E-state index in [-0.39, 0.29) is 5.91 Å². The van der Waals surface area contributed by atoms with Gasteiger partial charge < -0.3 is 14.5 Å². The second-order valence-corrected chi connectivity index (χ2v) is 6.63. The lowest BCUT2D eigenvalue weighted by molar-refractivity contribution is 0.0743. The van der Waals surface area contributed by atoms with Gasteiger partial charge in [-0.2, -0.15) is 0 Å². The normalized spacial score (nSPS) is 14.2. The lowest BCUT2D eigenvalue weighted by atomic mass is 10.1. The SMILES string of the molecule is COc1nn(C)cc1C(=O)N1CCN(c2cc(-c3ccccc3)ncn2)CC1. The number of benzene rings is 1. The zero-order valence-electron chi connectivity index (χ0n) is 15.9. The van der Waals surface area contributed by atoms with Crippen molar-refractivity contribution in [3.05, 3.63) is 54.5 Å². The zero-order chi connectivity index (χ0) is 19.5. The van der Waals surface area contributed by atoms with Crippen LogP contribution in [0, 0.1) is 0 Å². The number of carbonyl (C=O) groups is 1. The van der Waals surface area contributed by atoms with Gasteiger partial charge in [0.2, 0.25) is 5.88 Å². The number of aromatic nitrogens is 4. The van der Waals surface area contributed by atoms with E-state index < -0.39 is 0 Å². The Hall–Kier alpha value is -3.42. The molecule has 1 aromatic carbocycles. The fraction of sp³-hybridized carbons (Fsp3) is 0.300. The van der Waals surface area contributed by atoms with Gasteiger partial charge in [0.15, 0.2) is 0 Å². The first-order chi connectivity index (χ1) is 13.7. The van der Waals surface area contributed by atoms with Gasteiger partial charge in [-0.15, -0.1) is 5.10 Å². The highest BCUT2D eigenvalue weighted by atomic mass is 16.5. The number of piperazine rings is 1. The summed E-state index contributed by atoms with van der Waals surface area (Å²) in [7, 11) is 3.30. The molecule has 0 N–H and O–H groups in total. The molecular formula is C20H22N6O2. The average molecular weight is 378 g/mol. The van der Waals surface area contributed by atoms with Crippen LogP contribution in [0.5, 0.6) is 5.88 Å². The molecule has 1 fully saturated rings. The van der Waals surface area contributed by atoms with Crippen LogP contribution in [0.2, 0.25) is 0 Å². The predicted octanol–water partition coefficient (Wildman–Crippen LogP) is 1.85. The number of nitrogens with zero attached hydrogens (tertiary/aromatic N) is 6. The number of carbonyl (C=O) groups excluding carboxylic acids is 1. The lowest BCUT2D eigenvalue weighted by Crippen LogP contribution is -2.49. The maximum atomic E-state index is 12.8. The molecule has 3 heterocycles. The van der Waals surface area contributed by atoms with Gasteiger partial charge in [0, 0.05) is 51.1 Å². The molecule has 8 heteroatoms. The minimum atomic E-state index is -0.0581. The molecule has 8 nitrogen and oxygen atoms in total. The minimum absolute atomic E-state index is 0.0581. The summed E-state index contributed by atoms with van der Waals surface area (Å²) in [6.45, 7) is 2.64. The van der Waals surface area contributed by atoms with Crippen LogP contribution in [0.25, 0.3) is 11.3 Å². The highest BCUT2D eigenvalue weighted by molar-refractivity contribution is 5.96. The molecule has 4 rings (SSSR count). The molecule has 1 saturated heterocycles. The molecule has 0 bridgehead atoms. The van der Waals surface area contributed by atoms with Crippen molar-refractivity contribution in [2.45, 2.75) is 0 Å². The Morgan fingerprint density at radius 2 is 1.82 bits per heavy atom. The van der Waals surface area contributed by atoms with Crippen molar-refractivity contribution >= 4 is 11.7 Å². The highest BCUT2D eigenvalue weighted by Gasteiger charge is 2.26. The van der Waals surface area contributed by atoms with E-state index in [0.717, 1.165) is 17.1 Å². The van der Waals surface area contributed by atoms with Gasteiger partial charge in [-0.25, -0.2) is 9.97 Å². The van der Waals surface area contributed by atoms with Crippen molar-refractivity contribution in [3.63, 3.8) is 0 Å². The van der Waals surface area contributed by atoms with Crippen LogP contribution in [-0.4, -0.2) is 63.8 Å². The Kier molecular flexibility index (Phi) is 4.92. The van der Waals surface area contributed by atoms with Gasteiger partial charge in [0.25, 0.3) is 5.91 Å². The van der Waals surface area contributed by atoms with E-state index in [9.17, 15) is 4.79 Å². The van der Waals surface area contributed by atoms with Gasteiger partial charge in [-0.3, -0.25) is 9.48 Å². The fourth-order valence-corrected chi connectivity index (χ4v) is 3.36. The van der Waals surface area contributed by atoms with Crippen molar-refractivity contribution < 1.29 is 9.53 Å². The maximum absolute atomic E-state index is 12.8. The number of amides is 1. The van der Waals surface area contributed by atoms with Crippen LogP contribution in [0.3, 0.4) is 0 Å². The summed E-state index contributed by atoms with van der Waals surface area (Å²) >= 11 is 0. The van der Waals surface area contributed by atoms with E-state index in [2.05, 4.69) is 20.0 Å². The van der Waals surface area contributed by atoms with E-state index in [1.165, 1.54) is 7.11 Å². The molecule has 3 aromatic rings. The van der Waals surface area contributed by atoms with E-state index >= 15 is 0 Å². The summed E-state index contributed by atoms with van der Waals surface area (Å²) in [4.78, 5) is 25.6. The first-order valence-electron chi connectivity index (χ1n) is 9.15. The highest BCUT2D eigenvalue weighted by Crippen LogP contribution is 2.23. The Labute approximate surface area is 163 Å². The van der Waals surface area contributed by atoms with Gasteiger partial charge in [0.05, 0.1) is 12.8 Å². The summed E-state index contributed by atoms with van der Waals surface area (Å²) in [5.74, 6) is 1.18. The maximum Gasteiger partial charge on any atom is 0.261 e. The largest absolute Gasteiger partial charge is 0.479 e. The third-order valence-corrected chi connectivity index (χ3v) is 4.83. The molecule has 0 radical (unpaired) electrons. The Bertz CT molecular complexity index is 964. The summed E-state index contributed by atoms with van der Waals surface area (Å²) in [6.07, 6.45) is 3.29. The molecule has 0 unspecified atom stereocenters. The van der Waals surface area contributed by atoms with Gasteiger partial charge >= 0.3 is 0 Å². The predicted molar refractivity (Wildman–Crippen MR) is 105 cm³/mol. The van der Waals surface area contributed by atoms with Crippen molar-refractivity contribution in [3.8, 4) is 17.1 Å². The minimum Gasteiger partial charge on any atom is -0.479 e.